The van der Waals surface area contributed by atoms with Crippen molar-refractivity contribution in [2.24, 2.45) is 0 Å². The molecular weight excluding hydrogens is 382 g/mol. The zero-order valence-electron chi connectivity index (χ0n) is 17.4. The Morgan fingerprint density at radius 1 is 1.03 bits per heavy atom. The molecule has 0 aliphatic carbocycles. The van der Waals surface area contributed by atoms with Gasteiger partial charge in [-0.2, -0.15) is 0 Å². The summed E-state index contributed by atoms with van der Waals surface area (Å²) in [6.45, 7) is 5.93. The van der Waals surface area contributed by atoms with Crippen LogP contribution in [-0.2, 0) is 14.3 Å². The predicted molar refractivity (Wildman–Crippen MR) is 113 cm³/mol. The van der Waals surface area contributed by atoms with Crippen molar-refractivity contribution >= 4 is 11.8 Å². The standard InChI is InChI=1S/C23H29N3O4/c1-18-7-9-19(10-8-18)21(16-26-11-13-29-14-12-26)25-22(27)15-24-23(28)17-30-20-5-3-2-4-6-20/h2-10,21H,11-17H2,1H3,(H,24,28)(H,25,27)/p+1/t21-/m0/s1. The maximum Gasteiger partial charge on any atom is 0.258 e. The van der Waals surface area contributed by atoms with E-state index in [1.165, 1.54) is 10.5 Å². The average molecular weight is 413 g/mol. The molecule has 3 rings (SSSR count). The van der Waals surface area contributed by atoms with Gasteiger partial charge in [-0.1, -0.05) is 48.0 Å². The van der Waals surface area contributed by atoms with Crippen LogP contribution >= 0.6 is 0 Å². The van der Waals surface area contributed by atoms with Crippen LogP contribution in [-0.4, -0.2) is 57.8 Å². The normalized spacial score (nSPS) is 15.2. The van der Waals surface area contributed by atoms with E-state index in [1.807, 2.05) is 49.4 Å². The summed E-state index contributed by atoms with van der Waals surface area (Å²) in [5.41, 5.74) is 2.24. The van der Waals surface area contributed by atoms with Gasteiger partial charge < -0.3 is 25.0 Å². The number of quaternary nitrogens is 1. The molecule has 160 valence electrons. The van der Waals surface area contributed by atoms with Crippen molar-refractivity contribution in [3.63, 3.8) is 0 Å². The zero-order valence-corrected chi connectivity index (χ0v) is 17.4. The lowest BCUT2D eigenvalue weighted by Crippen LogP contribution is -3.14. The molecule has 0 spiro atoms. The van der Waals surface area contributed by atoms with Crippen molar-refractivity contribution in [2.75, 3.05) is 46.0 Å². The second kappa shape index (κ2) is 11.3. The van der Waals surface area contributed by atoms with Gasteiger partial charge in [0.25, 0.3) is 5.91 Å². The topological polar surface area (TPSA) is 81.1 Å². The minimum atomic E-state index is -0.334. The number of hydrogen-bond donors (Lipinski definition) is 3. The summed E-state index contributed by atoms with van der Waals surface area (Å²) in [4.78, 5) is 25.9. The molecule has 0 saturated carbocycles. The number of amides is 2. The second-order valence-electron chi connectivity index (χ2n) is 7.48. The summed E-state index contributed by atoms with van der Waals surface area (Å²) in [7, 11) is 0. The molecule has 7 heteroatoms. The van der Waals surface area contributed by atoms with Crippen LogP contribution in [0.5, 0.6) is 5.75 Å². The molecule has 2 amide bonds. The fraction of sp³-hybridized carbons (Fsp3) is 0.391. The van der Waals surface area contributed by atoms with Crippen LogP contribution < -0.4 is 20.3 Å². The third-order valence-electron chi connectivity index (χ3n) is 5.07. The number of hydrogen-bond acceptors (Lipinski definition) is 4. The van der Waals surface area contributed by atoms with Gasteiger partial charge in [-0.25, -0.2) is 0 Å². The number of para-hydroxylation sites is 1. The molecule has 1 saturated heterocycles. The van der Waals surface area contributed by atoms with Gasteiger partial charge in [-0.15, -0.1) is 0 Å². The van der Waals surface area contributed by atoms with E-state index in [1.54, 1.807) is 12.1 Å². The summed E-state index contributed by atoms with van der Waals surface area (Å²) in [6, 6.07) is 17.2. The molecule has 3 N–H and O–H groups in total. The number of ether oxygens (including phenoxy) is 2. The monoisotopic (exact) mass is 412 g/mol. The maximum atomic E-state index is 12.5. The number of carbonyl (C=O) groups is 2. The lowest BCUT2D eigenvalue weighted by Gasteiger charge is -2.28. The van der Waals surface area contributed by atoms with Crippen molar-refractivity contribution < 1.29 is 24.0 Å². The smallest absolute Gasteiger partial charge is 0.258 e. The van der Waals surface area contributed by atoms with E-state index >= 15 is 0 Å². The van der Waals surface area contributed by atoms with Gasteiger partial charge in [0.05, 0.1) is 19.8 Å². The number of morpholine rings is 1. The van der Waals surface area contributed by atoms with Crippen LogP contribution in [0.3, 0.4) is 0 Å². The minimum Gasteiger partial charge on any atom is -0.484 e. The van der Waals surface area contributed by atoms with Crippen molar-refractivity contribution in [2.45, 2.75) is 13.0 Å². The molecule has 0 unspecified atom stereocenters. The van der Waals surface area contributed by atoms with Crippen LogP contribution in [0.1, 0.15) is 17.2 Å². The minimum absolute atomic E-state index is 0.0855. The molecule has 7 nitrogen and oxygen atoms in total. The summed E-state index contributed by atoms with van der Waals surface area (Å²) in [5.74, 6) is 0.0611. The highest BCUT2D eigenvalue weighted by atomic mass is 16.5. The van der Waals surface area contributed by atoms with E-state index in [-0.39, 0.29) is 31.0 Å². The molecule has 1 fully saturated rings. The van der Waals surface area contributed by atoms with Crippen molar-refractivity contribution in [3.05, 3.63) is 65.7 Å². The molecule has 2 aromatic carbocycles. The first kappa shape index (κ1) is 21.8. The third kappa shape index (κ3) is 7.17. The average Bonchev–Trinajstić information content (AvgIpc) is 2.78. The van der Waals surface area contributed by atoms with E-state index < -0.39 is 0 Å². The SMILES string of the molecule is Cc1ccc([C@H](C[NH+]2CCOCC2)NC(=O)CNC(=O)COc2ccccc2)cc1. The highest BCUT2D eigenvalue weighted by molar-refractivity contribution is 5.85. The van der Waals surface area contributed by atoms with Crippen LogP contribution in [0.4, 0.5) is 0 Å². The quantitative estimate of drug-likeness (QED) is 0.552. The molecule has 0 bridgehead atoms. The molecule has 0 radical (unpaired) electrons. The Kier molecular flexibility index (Phi) is 8.23. The number of benzene rings is 2. The van der Waals surface area contributed by atoms with Crippen molar-refractivity contribution in [3.8, 4) is 5.75 Å². The fourth-order valence-corrected chi connectivity index (χ4v) is 3.34. The highest BCUT2D eigenvalue weighted by Gasteiger charge is 2.23. The molecule has 2 aromatic rings. The fourth-order valence-electron chi connectivity index (χ4n) is 3.34. The first-order valence-electron chi connectivity index (χ1n) is 10.3. The molecule has 0 aromatic heterocycles. The van der Waals surface area contributed by atoms with Crippen molar-refractivity contribution in [1.29, 1.82) is 0 Å². The molecule has 1 atom stereocenters. The third-order valence-corrected chi connectivity index (χ3v) is 5.07. The predicted octanol–water partition coefficient (Wildman–Crippen LogP) is 0.263. The number of carbonyl (C=O) groups excluding carboxylic acids is 2. The highest BCUT2D eigenvalue weighted by Crippen LogP contribution is 2.12. The van der Waals surface area contributed by atoms with Gasteiger partial charge in [0, 0.05) is 0 Å². The largest absolute Gasteiger partial charge is 0.484 e. The van der Waals surface area contributed by atoms with Gasteiger partial charge in [0.1, 0.15) is 31.4 Å². The lowest BCUT2D eigenvalue weighted by atomic mass is 10.0. The van der Waals surface area contributed by atoms with Crippen LogP contribution in [0.2, 0.25) is 0 Å². The van der Waals surface area contributed by atoms with Crippen LogP contribution in [0.15, 0.2) is 54.6 Å². The Labute approximate surface area is 177 Å². The Morgan fingerprint density at radius 3 is 2.43 bits per heavy atom. The Morgan fingerprint density at radius 2 is 1.73 bits per heavy atom. The van der Waals surface area contributed by atoms with Crippen molar-refractivity contribution in [1.82, 2.24) is 10.6 Å². The summed E-state index contributed by atoms with van der Waals surface area (Å²) in [5, 5.41) is 5.69. The summed E-state index contributed by atoms with van der Waals surface area (Å²) < 4.78 is 10.8. The van der Waals surface area contributed by atoms with E-state index in [9.17, 15) is 9.59 Å². The van der Waals surface area contributed by atoms with Crippen LogP contribution in [0, 0.1) is 6.92 Å². The van der Waals surface area contributed by atoms with E-state index in [0.29, 0.717) is 5.75 Å². The number of aryl methyl sites for hydroxylation is 1. The van der Waals surface area contributed by atoms with E-state index in [2.05, 4.69) is 10.6 Å². The number of nitrogens with one attached hydrogen (secondary N) is 3. The first-order chi connectivity index (χ1) is 14.6. The Balaban J connectivity index is 1.50. The first-order valence-corrected chi connectivity index (χ1v) is 10.3. The molecule has 1 aliphatic rings. The maximum absolute atomic E-state index is 12.5. The molecule has 30 heavy (non-hydrogen) atoms. The molecule has 1 heterocycles. The van der Waals surface area contributed by atoms with E-state index in [4.69, 9.17) is 9.47 Å². The Hall–Kier alpha value is -2.90. The van der Waals surface area contributed by atoms with Gasteiger partial charge in [0.2, 0.25) is 5.91 Å². The zero-order chi connectivity index (χ0) is 21.2. The molecular formula is C23H30N3O4+. The Bertz CT molecular complexity index is 805. The lowest BCUT2D eigenvalue weighted by molar-refractivity contribution is -0.909. The van der Waals surface area contributed by atoms with Gasteiger partial charge in [0.15, 0.2) is 6.61 Å². The van der Waals surface area contributed by atoms with Gasteiger partial charge in [-0.05, 0) is 24.6 Å². The summed E-state index contributed by atoms with van der Waals surface area (Å²) >= 11 is 0. The molecule has 1 aliphatic heterocycles. The number of rotatable bonds is 9. The van der Waals surface area contributed by atoms with Crippen LogP contribution in [0.25, 0.3) is 0 Å². The second-order valence-corrected chi connectivity index (χ2v) is 7.48. The van der Waals surface area contributed by atoms with Gasteiger partial charge in [-0.3, -0.25) is 9.59 Å². The van der Waals surface area contributed by atoms with Gasteiger partial charge >= 0.3 is 0 Å². The summed E-state index contributed by atoms with van der Waals surface area (Å²) in [6.07, 6.45) is 0. The van der Waals surface area contributed by atoms with E-state index in [0.717, 1.165) is 38.4 Å².